The highest BCUT2D eigenvalue weighted by Crippen LogP contribution is 2.45. The number of furan rings is 1. The first-order chi connectivity index (χ1) is 23.8. The monoisotopic (exact) mass is 616 g/mol. The van der Waals surface area contributed by atoms with Crippen molar-refractivity contribution < 1.29 is 4.42 Å². The second-order valence-electron chi connectivity index (χ2n) is 11.6. The Morgan fingerprint density at radius 2 is 0.833 bits per heavy atom. The quantitative estimate of drug-likeness (QED) is 0.186. The van der Waals surface area contributed by atoms with Crippen molar-refractivity contribution in [3.05, 3.63) is 170 Å². The molecule has 5 heteroatoms. The fourth-order valence-corrected chi connectivity index (χ4v) is 6.47. The Morgan fingerprint density at radius 3 is 1.42 bits per heavy atom. The van der Waals surface area contributed by atoms with Crippen LogP contribution in [0.15, 0.2) is 174 Å². The van der Waals surface area contributed by atoms with Gasteiger partial charge >= 0.3 is 0 Å². The molecular weight excluding hydrogens is 589 g/mol. The van der Waals surface area contributed by atoms with Gasteiger partial charge in [-0.05, 0) is 36.4 Å². The second-order valence-corrected chi connectivity index (χ2v) is 11.6. The van der Waals surface area contributed by atoms with Crippen LogP contribution in [-0.4, -0.2) is 15.0 Å². The molecule has 226 valence electrons. The van der Waals surface area contributed by atoms with Crippen LogP contribution in [-0.2, 0) is 0 Å². The van der Waals surface area contributed by atoms with Crippen molar-refractivity contribution in [1.82, 2.24) is 15.0 Å². The Labute approximate surface area is 277 Å². The third-order valence-electron chi connectivity index (χ3n) is 8.69. The van der Waals surface area contributed by atoms with Crippen LogP contribution in [0.3, 0.4) is 0 Å². The lowest BCUT2D eigenvalue weighted by molar-refractivity contribution is 0.673. The molecule has 0 bridgehead atoms. The van der Waals surface area contributed by atoms with Gasteiger partial charge in [0.25, 0.3) is 0 Å². The first-order valence-corrected chi connectivity index (χ1v) is 16.0. The third-order valence-corrected chi connectivity index (χ3v) is 8.69. The van der Waals surface area contributed by atoms with Crippen molar-refractivity contribution in [2.75, 3.05) is 4.90 Å². The minimum Gasteiger partial charge on any atom is -0.455 e. The SMILES string of the molecule is c1ccc(-c2nc(-c3ccccc3)nc(-c3cccc4c3oc3c5ccccc5c(N(c5ccccc5)c5ccccc5)cc43)n2)cc1. The molecule has 9 aromatic rings. The van der Waals surface area contributed by atoms with Crippen molar-refractivity contribution in [3.8, 4) is 34.2 Å². The molecule has 0 amide bonds. The summed E-state index contributed by atoms with van der Waals surface area (Å²) in [6.45, 7) is 0. The minimum atomic E-state index is 0.562. The number of aromatic nitrogens is 3. The lowest BCUT2D eigenvalue weighted by atomic mass is 10.0. The molecule has 2 aromatic heterocycles. The van der Waals surface area contributed by atoms with Gasteiger partial charge in [-0.25, -0.2) is 15.0 Å². The van der Waals surface area contributed by atoms with E-state index in [4.69, 9.17) is 19.4 Å². The number of hydrogen-bond acceptors (Lipinski definition) is 5. The summed E-state index contributed by atoms with van der Waals surface area (Å²) in [4.78, 5) is 17.2. The smallest absolute Gasteiger partial charge is 0.167 e. The van der Waals surface area contributed by atoms with Crippen molar-refractivity contribution in [2.45, 2.75) is 0 Å². The summed E-state index contributed by atoms with van der Waals surface area (Å²) < 4.78 is 6.87. The molecule has 0 atom stereocenters. The van der Waals surface area contributed by atoms with Crippen LogP contribution >= 0.6 is 0 Å². The summed E-state index contributed by atoms with van der Waals surface area (Å²) in [5.41, 5.74) is 7.46. The van der Waals surface area contributed by atoms with Crippen LogP contribution in [0.2, 0.25) is 0 Å². The largest absolute Gasteiger partial charge is 0.455 e. The molecule has 0 aliphatic heterocycles. The van der Waals surface area contributed by atoms with E-state index >= 15 is 0 Å². The third kappa shape index (κ3) is 4.77. The zero-order valence-electron chi connectivity index (χ0n) is 25.9. The van der Waals surface area contributed by atoms with Gasteiger partial charge in [0.15, 0.2) is 17.5 Å². The maximum Gasteiger partial charge on any atom is 0.167 e. The number of nitrogens with zero attached hydrogens (tertiary/aromatic N) is 4. The summed E-state index contributed by atoms with van der Waals surface area (Å²) in [5, 5.41) is 4.15. The number of anilines is 3. The van der Waals surface area contributed by atoms with Gasteiger partial charge in [-0.15, -0.1) is 0 Å². The molecular formula is C43H28N4O. The number of hydrogen-bond donors (Lipinski definition) is 0. The van der Waals surface area contributed by atoms with E-state index in [-0.39, 0.29) is 0 Å². The van der Waals surface area contributed by atoms with Crippen LogP contribution < -0.4 is 4.90 Å². The Morgan fingerprint density at radius 1 is 0.375 bits per heavy atom. The van der Waals surface area contributed by atoms with Crippen LogP contribution in [0, 0.1) is 0 Å². The Hall–Kier alpha value is -6.59. The zero-order valence-corrected chi connectivity index (χ0v) is 25.9. The zero-order chi connectivity index (χ0) is 31.9. The van der Waals surface area contributed by atoms with E-state index < -0.39 is 0 Å². The van der Waals surface area contributed by atoms with E-state index in [0.717, 1.165) is 66.5 Å². The van der Waals surface area contributed by atoms with Gasteiger partial charge in [0.05, 0.1) is 11.3 Å². The predicted octanol–water partition coefficient (Wildman–Crippen LogP) is 11.4. The highest BCUT2D eigenvalue weighted by molar-refractivity contribution is 6.21. The fourth-order valence-electron chi connectivity index (χ4n) is 6.47. The highest BCUT2D eigenvalue weighted by Gasteiger charge is 2.22. The first kappa shape index (κ1) is 27.7. The molecule has 0 unspecified atom stereocenters. The van der Waals surface area contributed by atoms with Crippen LogP contribution in [0.1, 0.15) is 0 Å². The van der Waals surface area contributed by atoms with Crippen LogP contribution in [0.4, 0.5) is 17.1 Å². The average molecular weight is 617 g/mol. The number of rotatable bonds is 6. The molecule has 0 saturated heterocycles. The number of benzene rings is 7. The van der Waals surface area contributed by atoms with E-state index in [1.165, 1.54) is 0 Å². The van der Waals surface area contributed by atoms with Crippen molar-refractivity contribution in [1.29, 1.82) is 0 Å². The van der Waals surface area contributed by atoms with Crippen molar-refractivity contribution in [2.24, 2.45) is 0 Å². The fraction of sp³-hybridized carbons (Fsp3) is 0. The molecule has 9 rings (SSSR count). The molecule has 0 saturated carbocycles. The van der Waals surface area contributed by atoms with Gasteiger partial charge in [-0.1, -0.05) is 133 Å². The van der Waals surface area contributed by atoms with Gasteiger partial charge in [0.2, 0.25) is 0 Å². The van der Waals surface area contributed by atoms with Gasteiger partial charge in [0.1, 0.15) is 11.2 Å². The predicted molar refractivity (Wildman–Crippen MR) is 196 cm³/mol. The molecule has 0 spiro atoms. The maximum absolute atomic E-state index is 6.87. The molecule has 2 heterocycles. The molecule has 5 nitrogen and oxygen atoms in total. The van der Waals surface area contributed by atoms with E-state index in [1.54, 1.807) is 0 Å². The molecule has 48 heavy (non-hydrogen) atoms. The van der Waals surface area contributed by atoms with Gasteiger partial charge in [-0.3, -0.25) is 0 Å². The summed E-state index contributed by atoms with van der Waals surface area (Å²) in [5.74, 6) is 1.79. The maximum atomic E-state index is 6.87. The molecule has 0 aliphatic carbocycles. The minimum absolute atomic E-state index is 0.562. The Balaban J connectivity index is 1.31. The second kappa shape index (κ2) is 11.6. The van der Waals surface area contributed by atoms with Crippen LogP contribution in [0.5, 0.6) is 0 Å². The van der Waals surface area contributed by atoms with Crippen LogP contribution in [0.25, 0.3) is 66.9 Å². The molecule has 0 fully saturated rings. The number of para-hydroxylation sites is 3. The highest BCUT2D eigenvalue weighted by atomic mass is 16.3. The topological polar surface area (TPSA) is 55.1 Å². The summed E-state index contributed by atoms with van der Waals surface area (Å²) in [7, 11) is 0. The van der Waals surface area contributed by atoms with E-state index in [2.05, 4.69) is 95.9 Å². The number of fused-ring (bicyclic) bond motifs is 5. The molecule has 7 aromatic carbocycles. The summed E-state index contributed by atoms with van der Waals surface area (Å²) >= 11 is 0. The molecule has 0 radical (unpaired) electrons. The Kier molecular flexibility index (Phi) is 6.72. The van der Waals surface area contributed by atoms with Gasteiger partial charge in [-0.2, -0.15) is 0 Å². The Bertz CT molecular complexity index is 2450. The van der Waals surface area contributed by atoms with E-state index in [1.807, 2.05) is 78.9 Å². The van der Waals surface area contributed by atoms with E-state index in [0.29, 0.717) is 17.5 Å². The lowest BCUT2D eigenvalue weighted by Gasteiger charge is -2.27. The standard InChI is InChI=1S/C43H28N4O/c1-5-16-29(17-6-1)41-44-42(30-18-7-2-8-19-30)46-43(45-41)36-27-15-26-35-37-28-38(33-24-13-14-25-34(33)40(37)48-39(35)36)47(31-20-9-3-10-21-31)32-22-11-4-12-23-32/h1-28H. The summed E-state index contributed by atoms with van der Waals surface area (Å²) in [6, 6.07) is 58.0. The molecule has 0 N–H and O–H groups in total. The normalized spacial score (nSPS) is 11.3. The van der Waals surface area contributed by atoms with Crippen molar-refractivity contribution in [3.63, 3.8) is 0 Å². The summed E-state index contributed by atoms with van der Waals surface area (Å²) in [6.07, 6.45) is 0. The van der Waals surface area contributed by atoms with E-state index in [9.17, 15) is 0 Å². The average Bonchev–Trinajstić information content (AvgIpc) is 3.55. The first-order valence-electron chi connectivity index (χ1n) is 16.0. The van der Waals surface area contributed by atoms with Gasteiger partial charge < -0.3 is 9.32 Å². The lowest BCUT2D eigenvalue weighted by Crippen LogP contribution is -2.10. The molecule has 0 aliphatic rings. The van der Waals surface area contributed by atoms with Crippen molar-refractivity contribution >= 4 is 49.8 Å². The van der Waals surface area contributed by atoms with Gasteiger partial charge in [0, 0.05) is 44.0 Å².